The van der Waals surface area contributed by atoms with Crippen molar-refractivity contribution < 1.29 is 13.6 Å². The molecule has 4 rings (SSSR count). The molecule has 3 aromatic carbocycles. The van der Waals surface area contributed by atoms with Crippen LogP contribution in [0.2, 0.25) is 0 Å². The second-order valence-corrected chi connectivity index (χ2v) is 6.48. The van der Waals surface area contributed by atoms with Gasteiger partial charge in [-0.05, 0) is 36.2 Å². The molecule has 0 unspecified atom stereocenters. The first-order chi connectivity index (χ1) is 13.5. The maximum absolute atomic E-state index is 14.2. The number of amides is 1. The van der Waals surface area contributed by atoms with Crippen LogP contribution >= 0.6 is 0 Å². The molecule has 2 N–H and O–H groups in total. The zero-order valence-electron chi connectivity index (χ0n) is 14.8. The highest BCUT2D eigenvalue weighted by molar-refractivity contribution is 6.07. The van der Waals surface area contributed by atoms with Crippen molar-refractivity contribution in [2.75, 3.05) is 6.54 Å². The fraction of sp³-hybridized carbons (Fsp3) is 0.0909. The Kier molecular flexibility index (Phi) is 4.61. The molecule has 0 atom stereocenters. The van der Waals surface area contributed by atoms with Gasteiger partial charge in [0.15, 0.2) is 5.43 Å². The van der Waals surface area contributed by atoms with Crippen LogP contribution in [0.4, 0.5) is 8.78 Å². The number of fused-ring (bicyclic) bond motifs is 2. The fourth-order valence-corrected chi connectivity index (χ4v) is 3.27. The number of halogens is 2. The number of hydrogen-bond acceptors (Lipinski definition) is 2. The molecule has 1 heterocycles. The topological polar surface area (TPSA) is 62.0 Å². The highest BCUT2D eigenvalue weighted by Crippen LogP contribution is 2.21. The van der Waals surface area contributed by atoms with E-state index in [1.165, 1.54) is 18.2 Å². The maximum atomic E-state index is 14.2. The van der Waals surface area contributed by atoms with E-state index in [9.17, 15) is 18.4 Å². The van der Waals surface area contributed by atoms with Gasteiger partial charge in [-0.15, -0.1) is 0 Å². The number of nitrogens with one attached hydrogen (secondary N) is 2. The number of H-pyrrole nitrogens is 1. The van der Waals surface area contributed by atoms with Crippen LogP contribution < -0.4 is 10.7 Å². The summed E-state index contributed by atoms with van der Waals surface area (Å²) in [5, 5.41) is 2.84. The first kappa shape index (κ1) is 17.9. The van der Waals surface area contributed by atoms with E-state index in [-0.39, 0.29) is 27.4 Å². The van der Waals surface area contributed by atoms with Gasteiger partial charge in [-0.3, -0.25) is 9.59 Å². The van der Waals surface area contributed by atoms with Crippen molar-refractivity contribution in [1.82, 2.24) is 10.3 Å². The van der Waals surface area contributed by atoms with Gasteiger partial charge < -0.3 is 10.3 Å². The van der Waals surface area contributed by atoms with Crippen molar-refractivity contribution in [2.45, 2.75) is 6.42 Å². The monoisotopic (exact) mass is 378 g/mol. The molecule has 0 saturated heterocycles. The van der Waals surface area contributed by atoms with E-state index in [1.807, 2.05) is 30.3 Å². The minimum Gasteiger partial charge on any atom is -0.352 e. The molecule has 0 saturated carbocycles. The summed E-state index contributed by atoms with van der Waals surface area (Å²) >= 11 is 0. The van der Waals surface area contributed by atoms with Gasteiger partial charge in [0.1, 0.15) is 11.6 Å². The lowest BCUT2D eigenvalue weighted by Crippen LogP contribution is -2.26. The molecule has 0 aliphatic rings. The summed E-state index contributed by atoms with van der Waals surface area (Å²) < 4.78 is 28.2. The summed E-state index contributed by atoms with van der Waals surface area (Å²) in [6.45, 7) is 0.340. The molecule has 0 radical (unpaired) electrons. The molecule has 4 aromatic rings. The van der Waals surface area contributed by atoms with Crippen molar-refractivity contribution in [3.05, 3.63) is 93.6 Å². The van der Waals surface area contributed by atoms with Gasteiger partial charge >= 0.3 is 0 Å². The molecule has 1 amide bonds. The van der Waals surface area contributed by atoms with E-state index in [0.29, 0.717) is 13.0 Å². The van der Waals surface area contributed by atoms with Gasteiger partial charge in [0.05, 0.1) is 16.6 Å². The van der Waals surface area contributed by atoms with Crippen LogP contribution in [0.1, 0.15) is 15.9 Å². The number of carbonyl (C=O) groups excluding carboxylic acids is 1. The quantitative estimate of drug-likeness (QED) is 0.529. The lowest BCUT2D eigenvalue weighted by Gasteiger charge is -2.10. The summed E-state index contributed by atoms with van der Waals surface area (Å²) in [4.78, 5) is 28.1. The molecule has 140 valence electrons. The predicted molar refractivity (Wildman–Crippen MR) is 104 cm³/mol. The second kappa shape index (κ2) is 7.23. The predicted octanol–water partition coefficient (Wildman–Crippen LogP) is 3.93. The summed E-state index contributed by atoms with van der Waals surface area (Å²) in [6, 6.07) is 15.8. The van der Waals surface area contributed by atoms with Gasteiger partial charge in [0, 0.05) is 17.3 Å². The van der Waals surface area contributed by atoms with Crippen LogP contribution in [0, 0.1) is 11.6 Å². The van der Waals surface area contributed by atoms with E-state index < -0.39 is 23.0 Å². The van der Waals surface area contributed by atoms with E-state index >= 15 is 0 Å². The van der Waals surface area contributed by atoms with Gasteiger partial charge in [-0.1, -0.05) is 36.4 Å². The summed E-state index contributed by atoms with van der Waals surface area (Å²) in [5.74, 6) is -1.86. The summed E-state index contributed by atoms with van der Waals surface area (Å²) in [5.41, 5.74) is 0.589. The SMILES string of the molecule is O=C(NCCc1ccccc1)c1cc(F)cc2c(=O)c3cccc(F)c3[nH]c12. The third-order valence-electron chi connectivity index (χ3n) is 4.64. The third-order valence-corrected chi connectivity index (χ3v) is 4.64. The Morgan fingerprint density at radius 2 is 1.71 bits per heavy atom. The van der Waals surface area contributed by atoms with Gasteiger partial charge in [0.25, 0.3) is 5.91 Å². The van der Waals surface area contributed by atoms with Crippen LogP contribution in [0.3, 0.4) is 0 Å². The Balaban J connectivity index is 1.73. The number of para-hydroxylation sites is 1. The largest absolute Gasteiger partial charge is 0.352 e. The second-order valence-electron chi connectivity index (χ2n) is 6.48. The number of pyridine rings is 1. The molecule has 0 aliphatic heterocycles. The molecule has 28 heavy (non-hydrogen) atoms. The molecule has 0 spiro atoms. The molecular formula is C22H16F2N2O2. The molecule has 0 aliphatic carbocycles. The molecular weight excluding hydrogens is 362 g/mol. The number of rotatable bonds is 4. The number of aromatic nitrogens is 1. The molecule has 4 nitrogen and oxygen atoms in total. The van der Waals surface area contributed by atoms with Crippen LogP contribution in [0.25, 0.3) is 21.8 Å². The van der Waals surface area contributed by atoms with Crippen LogP contribution in [-0.4, -0.2) is 17.4 Å². The van der Waals surface area contributed by atoms with Crippen molar-refractivity contribution in [3.8, 4) is 0 Å². The lowest BCUT2D eigenvalue weighted by atomic mass is 10.0. The van der Waals surface area contributed by atoms with E-state index in [0.717, 1.165) is 17.7 Å². The normalized spacial score (nSPS) is 11.1. The standard InChI is InChI=1S/C22H16F2N2O2/c23-14-11-16-19(26-20-15(21(16)27)7-4-8-18(20)24)17(12-14)22(28)25-10-9-13-5-2-1-3-6-13/h1-8,11-12H,9-10H2,(H,25,28)(H,26,27). The molecule has 1 aromatic heterocycles. The average molecular weight is 378 g/mol. The van der Waals surface area contributed by atoms with Crippen LogP contribution in [0.5, 0.6) is 0 Å². The fourth-order valence-electron chi connectivity index (χ4n) is 3.27. The molecule has 0 bridgehead atoms. The van der Waals surface area contributed by atoms with E-state index in [1.54, 1.807) is 0 Å². The lowest BCUT2D eigenvalue weighted by molar-refractivity contribution is 0.0955. The average Bonchev–Trinajstić information content (AvgIpc) is 2.70. The van der Waals surface area contributed by atoms with Crippen molar-refractivity contribution >= 4 is 27.7 Å². The van der Waals surface area contributed by atoms with Gasteiger partial charge in [0.2, 0.25) is 0 Å². The third kappa shape index (κ3) is 3.24. The Morgan fingerprint density at radius 1 is 0.929 bits per heavy atom. The summed E-state index contributed by atoms with van der Waals surface area (Å²) in [6.07, 6.45) is 0.605. The van der Waals surface area contributed by atoms with Crippen molar-refractivity contribution in [1.29, 1.82) is 0 Å². The number of aromatic amines is 1. The Morgan fingerprint density at radius 3 is 2.50 bits per heavy atom. The number of hydrogen-bond donors (Lipinski definition) is 2. The van der Waals surface area contributed by atoms with E-state index in [2.05, 4.69) is 10.3 Å². The number of benzene rings is 3. The van der Waals surface area contributed by atoms with Crippen LogP contribution in [0.15, 0.2) is 65.5 Å². The Hall–Kier alpha value is -3.54. The maximum Gasteiger partial charge on any atom is 0.253 e. The van der Waals surface area contributed by atoms with Gasteiger partial charge in [-0.25, -0.2) is 8.78 Å². The highest BCUT2D eigenvalue weighted by Gasteiger charge is 2.17. The van der Waals surface area contributed by atoms with E-state index in [4.69, 9.17) is 0 Å². The Labute approximate surface area is 158 Å². The minimum atomic E-state index is -0.707. The molecule has 0 fully saturated rings. The Bertz CT molecular complexity index is 1250. The highest BCUT2D eigenvalue weighted by atomic mass is 19.1. The smallest absolute Gasteiger partial charge is 0.253 e. The van der Waals surface area contributed by atoms with Gasteiger partial charge in [-0.2, -0.15) is 0 Å². The zero-order chi connectivity index (χ0) is 19.7. The summed E-state index contributed by atoms with van der Waals surface area (Å²) in [7, 11) is 0. The van der Waals surface area contributed by atoms with Crippen LogP contribution in [-0.2, 0) is 6.42 Å². The minimum absolute atomic E-state index is 0.00584. The van der Waals surface area contributed by atoms with Crippen molar-refractivity contribution in [2.24, 2.45) is 0 Å². The number of carbonyl (C=O) groups is 1. The van der Waals surface area contributed by atoms with Crippen molar-refractivity contribution in [3.63, 3.8) is 0 Å². The first-order valence-electron chi connectivity index (χ1n) is 8.80. The molecule has 6 heteroatoms. The first-order valence-corrected chi connectivity index (χ1v) is 8.80. The zero-order valence-corrected chi connectivity index (χ0v) is 14.8.